The number of methoxy groups -OCH3 is 1. The highest BCUT2D eigenvalue weighted by Crippen LogP contribution is 2.28. The van der Waals surface area contributed by atoms with Crippen LogP contribution in [0, 0.1) is 6.92 Å². The summed E-state index contributed by atoms with van der Waals surface area (Å²) in [5.74, 6) is 1.29. The molecule has 158 valence electrons. The molecule has 0 N–H and O–H groups in total. The Hall–Kier alpha value is -4.07. The van der Waals surface area contributed by atoms with Gasteiger partial charge < -0.3 is 14.1 Å². The second-order valence-electron chi connectivity index (χ2n) is 7.11. The quantitative estimate of drug-likeness (QED) is 0.482. The third kappa shape index (κ3) is 4.13. The van der Waals surface area contributed by atoms with Crippen LogP contribution >= 0.6 is 0 Å². The van der Waals surface area contributed by atoms with Gasteiger partial charge in [-0.15, -0.1) is 10.2 Å². The molecule has 0 aliphatic rings. The average molecular weight is 417 g/mol. The van der Waals surface area contributed by atoms with E-state index in [0.717, 1.165) is 11.1 Å². The standard InChI is InChI=1S/C23H21N5O3.H2/c1-14-20(22-27-26-21(31-22)17-6-5-7-18(12-17)30-4)25-19(13-24-14)15-8-10-16(11-9-15)23(29)28(2)3;/h5-13H,1-4H3;1H. The molecule has 8 heteroatoms. The lowest BCUT2D eigenvalue weighted by molar-refractivity contribution is 0.0827. The van der Waals surface area contributed by atoms with Gasteiger partial charge in [0.15, 0.2) is 0 Å². The molecule has 0 spiro atoms. The van der Waals surface area contributed by atoms with Crippen molar-refractivity contribution in [2.24, 2.45) is 0 Å². The topological polar surface area (TPSA) is 94.2 Å². The van der Waals surface area contributed by atoms with Crippen molar-refractivity contribution in [3.63, 3.8) is 0 Å². The minimum Gasteiger partial charge on any atom is -0.497 e. The zero-order valence-corrected chi connectivity index (χ0v) is 17.7. The summed E-state index contributed by atoms with van der Waals surface area (Å²) in [4.78, 5) is 22.8. The van der Waals surface area contributed by atoms with Gasteiger partial charge in [-0.3, -0.25) is 9.78 Å². The molecule has 0 aliphatic carbocycles. The van der Waals surface area contributed by atoms with Crippen LogP contribution in [0.5, 0.6) is 5.75 Å². The molecule has 0 aliphatic heterocycles. The van der Waals surface area contributed by atoms with Crippen LogP contribution in [-0.2, 0) is 0 Å². The number of benzene rings is 2. The Kier molecular flexibility index (Phi) is 5.44. The number of hydrogen-bond acceptors (Lipinski definition) is 7. The van der Waals surface area contributed by atoms with Crippen molar-refractivity contribution in [1.29, 1.82) is 0 Å². The van der Waals surface area contributed by atoms with Crippen LogP contribution in [0.2, 0.25) is 0 Å². The fourth-order valence-electron chi connectivity index (χ4n) is 3.02. The van der Waals surface area contributed by atoms with Crippen LogP contribution < -0.4 is 4.74 Å². The summed E-state index contributed by atoms with van der Waals surface area (Å²) < 4.78 is 11.1. The first kappa shape index (κ1) is 20.2. The van der Waals surface area contributed by atoms with Crippen molar-refractivity contribution in [1.82, 2.24) is 25.1 Å². The van der Waals surface area contributed by atoms with E-state index in [1.807, 2.05) is 43.3 Å². The van der Waals surface area contributed by atoms with E-state index in [4.69, 9.17) is 9.15 Å². The number of aryl methyl sites for hydroxylation is 1. The van der Waals surface area contributed by atoms with Gasteiger partial charge in [0.25, 0.3) is 11.8 Å². The predicted molar refractivity (Wildman–Crippen MR) is 118 cm³/mol. The first-order valence-electron chi connectivity index (χ1n) is 9.60. The van der Waals surface area contributed by atoms with E-state index in [0.29, 0.717) is 34.3 Å². The zero-order chi connectivity index (χ0) is 22.0. The molecule has 4 aromatic rings. The summed E-state index contributed by atoms with van der Waals surface area (Å²) in [6.45, 7) is 1.83. The van der Waals surface area contributed by atoms with Crippen molar-refractivity contribution >= 4 is 5.91 Å². The van der Waals surface area contributed by atoms with Gasteiger partial charge in [0.1, 0.15) is 11.4 Å². The fourth-order valence-corrected chi connectivity index (χ4v) is 3.02. The van der Waals surface area contributed by atoms with Gasteiger partial charge in [0, 0.05) is 32.2 Å². The molecule has 2 heterocycles. The molecule has 2 aromatic carbocycles. The lowest BCUT2D eigenvalue weighted by Gasteiger charge is -2.10. The van der Waals surface area contributed by atoms with Crippen molar-refractivity contribution in [3.05, 3.63) is 66.0 Å². The normalized spacial score (nSPS) is 10.7. The third-order valence-electron chi connectivity index (χ3n) is 4.73. The van der Waals surface area contributed by atoms with E-state index in [-0.39, 0.29) is 13.2 Å². The third-order valence-corrected chi connectivity index (χ3v) is 4.73. The van der Waals surface area contributed by atoms with Gasteiger partial charge in [-0.05, 0) is 37.3 Å². The zero-order valence-electron chi connectivity index (χ0n) is 17.7. The molecule has 0 fully saturated rings. The Labute approximate surface area is 181 Å². The molecule has 0 saturated carbocycles. The number of hydrogen-bond donors (Lipinski definition) is 0. The Morgan fingerprint density at radius 1 is 1.03 bits per heavy atom. The Morgan fingerprint density at radius 2 is 1.77 bits per heavy atom. The first-order valence-corrected chi connectivity index (χ1v) is 9.60. The van der Waals surface area contributed by atoms with Crippen molar-refractivity contribution < 1.29 is 15.4 Å². The molecular weight excluding hydrogens is 394 g/mol. The second kappa shape index (κ2) is 8.35. The van der Waals surface area contributed by atoms with Gasteiger partial charge in [-0.1, -0.05) is 18.2 Å². The number of ether oxygens (including phenoxy) is 1. The minimum atomic E-state index is -0.0573. The molecule has 0 unspecified atom stereocenters. The number of nitrogens with zero attached hydrogens (tertiary/aromatic N) is 5. The smallest absolute Gasteiger partial charge is 0.268 e. The number of carbonyl (C=O) groups is 1. The molecular formula is C23H23N5O3. The average Bonchev–Trinajstić information content (AvgIpc) is 3.29. The van der Waals surface area contributed by atoms with E-state index in [1.54, 1.807) is 39.5 Å². The maximum Gasteiger partial charge on any atom is 0.268 e. The maximum absolute atomic E-state index is 12.1. The summed E-state index contributed by atoms with van der Waals surface area (Å²) in [5, 5.41) is 8.31. The van der Waals surface area contributed by atoms with Crippen molar-refractivity contribution in [3.8, 4) is 40.0 Å². The Bertz CT molecular complexity index is 1240. The highest BCUT2D eigenvalue weighted by Gasteiger charge is 2.17. The van der Waals surface area contributed by atoms with Gasteiger partial charge in [-0.2, -0.15) is 0 Å². The Balaban J connectivity index is 0.00000289. The summed E-state index contributed by atoms with van der Waals surface area (Å²) in [7, 11) is 5.04. The van der Waals surface area contributed by atoms with Crippen LogP contribution in [0.1, 0.15) is 17.5 Å². The molecule has 8 nitrogen and oxygen atoms in total. The summed E-state index contributed by atoms with van der Waals surface area (Å²) >= 11 is 0. The van der Waals surface area contributed by atoms with E-state index in [1.165, 1.54) is 4.90 Å². The van der Waals surface area contributed by atoms with Gasteiger partial charge in [0.2, 0.25) is 5.89 Å². The van der Waals surface area contributed by atoms with Gasteiger partial charge >= 0.3 is 0 Å². The summed E-state index contributed by atoms with van der Waals surface area (Å²) in [6.07, 6.45) is 1.68. The lowest BCUT2D eigenvalue weighted by atomic mass is 10.1. The predicted octanol–water partition coefficient (Wildman–Crippen LogP) is 4.13. The van der Waals surface area contributed by atoms with Crippen LogP contribution in [0.3, 0.4) is 0 Å². The first-order chi connectivity index (χ1) is 15.0. The van der Waals surface area contributed by atoms with Crippen molar-refractivity contribution in [2.75, 3.05) is 21.2 Å². The summed E-state index contributed by atoms with van der Waals surface area (Å²) in [5.41, 5.74) is 4.01. The van der Waals surface area contributed by atoms with Crippen LogP contribution in [0.4, 0.5) is 0 Å². The number of aromatic nitrogens is 4. The monoisotopic (exact) mass is 417 g/mol. The highest BCUT2D eigenvalue weighted by molar-refractivity contribution is 5.94. The van der Waals surface area contributed by atoms with E-state index in [9.17, 15) is 4.79 Å². The lowest BCUT2D eigenvalue weighted by Crippen LogP contribution is -2.21. The highest BCUT2D eigenvalue weighted by atomic mass is 16.5. The largest absolute Gasteiger partial charge is 0.497 e. The van der Waals surface area contributed by atoms with Crippen molar-refractivity contribution in [2.45, 2.75) is 6.92 Å². The molecule has 0 atom stereocenters. The number of amides is 1. The maximum atomic E-state index is 12.1. The Morgan fingerprint density at radius 3 is 2.48 bits per heavy atom. The molecule has 2 aromatic heterocycles. The van der Waals surface area contributed by atoms with E-state index in [2.05, 4.69) is 20.2 Å². The molecule has 0 radical (unpaired) electrons. The number of carbonyl (C=O) groups excluding carboxylic acids is 1. The van der Waals surface area contributed by atoms with Crippen LogP contribution in [-0.4, -0.2) is 52.2 Å². The number of rotatable bonds is 5. The molecule has 0 saturated heterocycles. The van der Waals surface area contributed by atoms with E-state index >= 15 is 0 Å². The SMILES string of the molecule is COc1cccc(-c2nnc(-c3nc(-c4ccc(C(=O)N(C)C)cc4)cnc3C)o2)c1.[HH]. The van der Waals surface area contributed by atoms with Crippen LogP contribution in [0.25, 0.3) is 34.3 Å². The second-order valence-corrected chi connectivity index (χ2v) is 7.11. The molecule has 31 heavy (non-hydrogen) atoms. The van der Waals surface area contributed by atoms with E-state index < -0.39 is 0 Å². The summed E-state index contributed by atoms with van der Waals surface area (Å²) in [6, 6.07) is 14.6. The van der Waals surface area contributed by atoms with Crippen LogP contribution in [0.15, 0.2) is 59.1 Å². The van der Waals surface area contributed by atoms with Gasteiger partial charge in [0.05, 0.1) is 24.7 Å². The van der Waals surface area contributed by atoms with Gasteiger partial charge in [-0.25, -0.2) is 4.98 Å². The minimum absolute atomic E-state index is 0. The fraction of sp³-hybridized carbons (Fsp3) is 0.174. The molecule has 4 rings (SSSR count). The molecule has 0 bridgehead atoms. The molecule has 1 amide bonds.